The first-order valence-corrected chi connectivity index (χ1v) is 7.15. The van der Waals surface area contributed by atoms with Crippen LogP contribution in [0.2, 0.25) is 0 Å². The van der Waals surface area contributed by atoms with E-state index >= 15 is 0 Å². The maximum atomic E-state index is 5.04. The largest absolute Gasteiger partial charge is 0.481 e. The summed E-state index contributed by atoms with van der Waals surface area (Å²) in [6, 6.07) is 9.74. The van der Waals surface area contributed by atoms with Crippen molar-refractivity contribution in [2.45, 2.75) is 13.0 Å². The van der Waals surface area contributed by atoms with E-state index in [2.05, 4.69) is 25.6 Å². The molecular formula is C16H22IN5O. The summed E-state index contributed by atoms with van der Waals surface area (Å²) < 4.78 is 5.04. The number of nitrogens with zero attached hydrogens (tertiary/aromatic N) is 3. The molecule has 2 N–H and O–H groups in total. The van der Waals surface area contributed by atoms with Crippen LogP contribution in [0.3, 0.4) is 0 Å². The number of nitrogens with one attached hydrogen (secondary N) is 2. The number of hydrogen-bond acceptors (Lipinski definition) is 4. The highest BCUT2D eigenvalue weighted by molar-refractivity contribution is 14.0. The summed E-state index contributed by atoms with van der Waals surface area (Å²) in [5.74, 6) is 1.37. The Balaban J connectivity index is 0.00000264. The third-order valence-corrected chi connectivity index (χ3v) is 3.09. The van der Waals surface area contributed by atoms with E-state index in [-0.39, 0.29) is 24.0 Å². The highest BCUT2D eigenvalue weighted by Crippen LogP contribution is 2.06. The van der Waals surface area contributed by atoms with Gasteiger partial charge in [-0.25, -0.2) is 4.98 Å². The predicted octanol–water partition coefficient (Wildman–Crippen LogP) is 2.01. The standard InChI is InChI=1S/C16H21N5O.HI/c1-17-16(19-10-8-14-5-3-4-9-18-14)21-12-13-6-7-15(22-2)20-11-13;/h3-7,9,11H,8,10,12H2,1-2H3,(H2,17,19,21);1H. The summed E-state index contributed by atoms with van der Waals surface area (Å²) >= 11 is 0. The third kappa shape index (κ3) is 6.81. The van der Waals surface area contributed by atoms with Gasteiger partial charge in [-0.15, -0.1) is 24.0 Å². The molecular weight excluding hydrogens is 405 g/mol. The molecule has 0 unspecified atom stereocenters. The molecule has 0 bridgehead atoms. The van der Waals surface area contributed by atoms with Gasteiger partial charge in [0.15, 0.2) is 5.96 Å². The molecule has 0 saturated heterocycles. The van der Waals surface area contributed by atoms with Gasteiger partial charge in [-0.1, -0.05) is 12.1 Å². The van der Waals surface area contributed by atoms with E-state index in [1.54, 1.807) is 26.6 Å². The summed E-state index contributed by atoms with van der Waals surface area (Å²) in [6.07, 6.45) is 4.44. The minimum Gasteiger partial charge on any atom is -0.481 e. The number of aromatic nitrogens is 2. The summed E-state index contributed by atoms with van der Waals surface area (Å²) in [7, 11) is 3.36. The molecule has 2 heterocycles. The Bertz CT molecular complexity index is 589. The number of hydrogen-bond donors (Lipinski definition) is 2. The van der Waals surface area contributed by atoms with Gasteiger partial charge in [0.05, 0.1) is 7.11 Å². The summed E-state index contributed by atoms with van der Waals surface area (Å²) in [5.41, 5.74) is 2.12. The van der Waals surface area contributed by atoms with E-state index in [0.29, 0.717) is 12.4 Å². The van der Waals surface area contributed by atoms with Gasteiger partial charge in [-0.05, 0) is 17.7 Å². The molecule has 0 aliphatic rings. The topological polar surface area (TPSA) is 71.4 Å². The number of methoxy groups -OCH3 is 1. The average molecular weight is 427 g/mol. The molecule has 0 fully saturated rings. The molecule has 0 aromatic carbocycles. The lowest BCUT2D eigenvalue weighted by Gasteiger charge is -2.11. The van der Waals surface area contributed by atoms with Crippen LogP contribution in [-0.4, -0.2) is 36.6 Å². The van der Waals surface area contributed by atoms with Crippen molar-refractivity contribution in [2.75, 3.05) is 20.7 Å². The lowest BCUT2D eigenvalue weighted by Crippen LogP contribution is -2.37. The second-order valence-corrected chi connectivity index (χ2v) is 4.63. The summed E-state index contributed by atoms with van der Waals surface area (Å²) in [5, 5.41) is 6.51. The molecule has 0 aliphatic carbocycles. The number of halogens is 1. The molecule has 0 amide bonds. The minimum absolute atomic E-state index is 0. The van der Waals surface area contributed by atoms with E-state index < -0.39 is 0 Å². The van der Waals surface area contributed by atoms with Gasteiger partial charge in [-0.3, -0.25) is 9.98 Å². The predicted molar refractivity (Wildman–Crippen MR) is 102 cm³/mol. The molecule has 0 saturated carbocycles. The van der Waals surface area contributed by atoms with Crippen molar-refractivity contribution in [1.29, 1.82) is 0 Å². The minimum atomic E-state index is 0. The SMILES string of the molecule is CN=C(NCCc1ccccn1)NCc1ccc(OC)nc1.I. The molecule has 2 aromatic heterocycles. The zero-order chi connectivity index (χ0) is 15.6. The van der Waals surface area contributed by atoms with E-state index in [4.69, 9.17) is 4.74 Å². The Hall–Kier alpha value is -1.90. The van der Waals surface area contributed by atoms with Crippen molar-refractivity contribution in [1.82, 2.24) is 20.6 Å². The highest BCUT2D eigenvalue weighted by atomic mass is 127. The van der Waals surface area contributed by atoms with Gasteiger partial charge in [0.2, 0.25) is 5.88 Å². The maximum absolute atomic E-state index is 5.04. The van der Waals surface area contributed by atoms with Crippen molar-refractivity contribution in [2.24, 2.45) is 4.99 Å². The molecule has 7 heteroatoms. The van der Waals surface area contributed by atoms with Crippen LogP contribution in [-0.2, 0) is 13.0 Å². The molecule has 0 aliphatic heterocycles. The zero-order valence-corrected chi connectivity index (χ0v) is 15.7. The van der Waals surface area contributed by atoms with Crippen molar-refractivity contribution in [3.05, 3.63) is 54.0 Å². The fourth-order valence-electron chi connectivity index (χ4n) is 1.90. The maximum Gasteiger partial charge on any atom is 0.212 e. The number of guanidine groups is 1. The van der Waals surface area contributed by atoms with Crippen molar-refractivity contribution in [3.8, 4) is 5.88 Å². The second kappa shape index (κ2) is 10.8. The second-order valence-electron chi connectivity index (χ2n) is 4.63. The van der Waals surface area contributed by atoms with Crippen molar-refractivity contribution in [3.63, 3.8) is 0 Å². The molecule has 2 rings (SSSR count). The lowest BCUT2D eigenvalue weighted by molar-refractivity contribution is 0.397. The molecule has 0 atom stereocenters. The van der Waals surface area contributed by atoms with Gasteiger partial charge < -0.3 is 15.4 Å². The fourth-order valence-corrected chi connectivity index (χ4v) is 1.90. The number of ether oxygens (including phenoxy) is 1. The van der Waals surface area contributed by atoms with Gasteiger partial charge >= 0.3 is 0 Å². The number of rotatable bonds is 6. The van der Waals surface area contributed by atoms with Crippen LogP contribution in [0.1, 0.15) is 11.3 Å². The molecule has 124 valence electrons. The first-order chi connectivity index (χ1) is 10.8. The van der Waals surface area contributed by atoms with Crippen LogP contribution >= 0.6 is 24.0 Å². The van der Waals surface area contributed by atoms with Gasteiger partial charge in [-0.2, -0.15) is 0 Å². The van der Waals surface area contributed by atoms with E-state index in [1.807, 2.05) is 30.3 Å². The van der Waals surface area contributed by atoms with Crippen molar-refractivity contribution >= 4 is 29.9 Å². The molecule has 0 radical (unpaired) electrons. The Labute approximate surface area is 153 Å². The van der Waals surface area contributed by atoms with Gasteiger partial charge in [0, 0.05) is 50.7 Å². The van der Waals surface area contributed by atoms with E-state index in [0.717, 1.165) is 30.2 Å². The monoisotopic (exact) mass is 427 g/mol. The number of aliphatic imine (C=N–C) groups is 1. The van der Waals surface area contributed by atoms with Crippen LogP contribution in [0.4, 0.5) is 0 Å². The first-order valence-electron chi connectivity index (χ1n) is 7.15. The van der Waals surface area contributed by atoms with Gasteiger partial charge in [0.1, 0.15) is 0 Å². The van der Waals surface area contributed by atoms with E-state index in [1.165, 1.54) is 0 Å². The summed E-state index contributed by atoms with van der Waals surface area (Å²) in [4.78, 5) is 12.7. The number of pyridine rings is 2. The smallest absolute Gasteiger partial charge is 0.212 e. The lowest BCUT2D eigenvalue weighted by atomic mass is 10.3. The molecule has 23 heavy (non-hydrogen) atoms. The average Bonchev–Trinajstić information content (AvgIpc) is 2.59. The Morgan fingerprint density at radius 2 is 2.04 bits per heavy atom. The summed E-state index contributed by atoms with van der Waals surface area (Å²) in [6.45, 7) is 1.43. The Kier molecular flexibility index (Phi) is 8.96. The van der Waals surface area contributed by atoms with E-state index in [9.17, 15) is 0 Å². The molecule has 0 spiro atoms. The van der Waals surface area contributed by atoms with Crippen LogP contribution < -0.4 is 15.4 Å². The van der Waals surface area contributed by atoms with Crippen LogP contribution in [0.5, 0.6) is 5.88 Å². The van der Waals surface area contributed by atoms with Gasteiger partial charge in [0.25, 0.3) is 0 Å². The molecule has 2 aromatic rings. The normalized spacial score (nSPS) is 10.6. The van der Waals surface area contributed by atoms with Crippen LogP contribution in [0.15, 0.2) is 47.7 Å². The zero-order valence-electron chi connectivity index (χ0n) is 13.3. The molecule has 6 nitrogen and oxygen atoms in total. The van der Waals surface area contributed by atoms with Crippen molar-refractivity contribution < 1.29 is 4.74 Å². The third-order valence-electron chi connectivity index (χ3n) is 3.09. The quantitative estimate of drug-likeness (QED) is 0.420. The van der Waals surface area contributed by atoms with Crippen LogP contribution in [0, 0.1) is 0 Å². The fraction of sp³-hybridized carbons (Fsp3) is 0.312. The van der Waals surface area contributed by atoms with Crippen LogP contribution in [0.25, 0.3) is 0 Å². The first kappa shape index (κ1) is 19.1. The Morgan fingerprint density at radius 3 is 2.65 bits per heavy atom. The highest BCUT2D eigenvalue weighted by Gasteiger charge is 2.00. The Morgan fingerprint density at radius 1 is 1.17 bits per heavy atom.